The first-order valence-corrected chi connectivity index (χ1v) is 11.5. The molecule has 0 unspecified atom stereocenters. The van der Waals surface area contributed by atoms with E-state index < -0.39 is 6.03 Å². The Labute approximate surface area is 202 Å². The van der Waals surface area contributed by atoms with Gasteiger partial charge in [0, 0.05) is 48.2 Å². The number of carbonyl (C=O) groups is 1. The molecule has 4 heterocycles. The molecule has 176 valence electrons. The Morgan fingerprint density at radius 2 is 1.82 bits per heavy atom. The number of amides is 2. The predicted octanol–water partition coefficient (Wildman–Crippen LogP) is 2.79. The van der Waals surface area contributed by atoms with Crippen molar-refractivity contribution in [1.82, 2.24) is 19.9 Å². The second-order valence-corrected chi connectivity index (χ2v) is 8.61. The van der Waals surface area contributed by atoms with Crippen LogP contribution in [-0.2, 0) is 17.7 Å². The second kappa shape index (κ2) is 9.40. The summed E-state index contributed by atoms with van der Waals surface area (Å²) >= 11 is 6.12. The van der Waals surface area contributed by atoms with Crippen LogP contribution in [0.5, 0.6) is 0 Å². The number of rotatable bonds is 4. The van der Waals surface area contributed by atoms with E-state index in [1.807, 2.05) is 25.1 Å². The third kappa shape index (κ3) is 4.73. The van der Waals surface area contributed by atoms with Gasteiger partial charge in [-0.25, -0.2) is 24.7 Å². The SMILES string of the molecule is Cc1cc(N2CCc3c(nc(-c4ccc(NC(N)=O)cc4)nc3N3CCOCC3)C2)nc(Cl)n1. The number of hydrogen-bond donors (Lipinski definition) is 2. The smallest absolute Gasteiger partial charge is 0.316 e. The molecular formula is C23H25ClN8O2. The number of anilines is 3. The van der Waals surface area contributed by atoms with Crippen LogP contribution in [0.4, 0.5) is 22.1 Å². The first-order chi connectivity index (χ1) is 16.5. The van der Waals surface area contributed by atoms with E-state index in [9.17, 15) is 4.79 Å². The summed E-state index contributed by atoms with van der Waals surface area (Å²) < 4.78 is 5.56. The monoisotopic (exact) mass is 480 g/mol. The summed E-state index contributed by atoms with van der Waals surface area (Å²) in [6.07, 6.45) is 0.796. The Hall–Kier alpha value is -3.50. The number of halogens is 1. The summed E-state index contributed by atoms with van der Waals surface area (Å²) in [4.78, 5) is 34.1. The van der Waals surface area contributed by atoms with Crippen molar-refractivity contribution in [2.45, 2.75) is 19.9 Å². The number of morpholine rings is 1. The van der Waals surface area contributed by atoms with E-state index in [1.54, 1.807) is 12.1 Å². The Kier molecular flexibility index (Phi) is 6.16. The summed E-state index contributed by atoms with van der Waals surface area (Å²) in [6, 6.07) is 8.67. The molecule has 0 atom stereocenters. The highest BCUT2D eigenvalue weighted by atomic mass is 35.5. The number of nitrogens with two attached hydrogens (primary N) is 1. The van der Waals surface area contributed by atoms with Crippen LogP contribution in [-0.4, -0.2) is 58.8 Å². The molecule has 1 saturated heterocycles. The molecule has 5 rings (SSSR count). The van der Waals surface area contributed by atoms with Gasteiger partial charge >= 0.3 is 6.03 Å². The molecule has 0 bridgehead atoms. The molecule has 10 nitrogen and oxygen atoms in total. The molecule has 0 spiro atoms. The zero-order chi connectivity index (χ0) is 23.7. The summed E-state index contributed by atoms with van der Waals surface area (Å²) in [7, 11) is 0. The number of aromatic nitrogens is 4. The number of benzene rings is 1. The van der Waals surface area contributed by atoms with Gasteiger partial charge in [0.15, 0.2) is 5.82 Å². The number of ether oxygens (including phenoxy) is 1. The lowest BCUT2D eigenvalue weighted by Crippen LogP contribution is -2.39. The van der Waals surface area contributed by atoms with Gasteiger partial charge in [-0.05, 0) is 49.2 Å². The molecule has 2 aliphatic heterocycles. The molecule has 0 saturated carbocycles. The molecule has 0 aliphatic carbocycles. The van der Waals surface area contributed by atoms with Gasteiger partial charge in [0.05, 0.1) is 25.5 Å². The first-order valence-electron chi connectivity index (χ1n) is 11.1. The van der Waals surface area contributed by atoms with Crippen molar-refractivity contribution >= 4 is 35.0 Å². The Morgan fingerprint density at radius 1 is 1.06 bits per heavy atom. The summed E-state index contributed by atoms with van der Waals surface area (Å²) in [5, 5.41) is 2.81. The molecule has 0 radical (unpaired) electrons. The maximum Gasteiger partial charge on any atom is 0.316 e. The van der Waals surface area contributed by atoms with Crippen LogP contribution in [0.25, 0.3) is 11.4 Å². The fourth-order valence-electron chi connectivity index (χ4n) is 4.30. The van der Waals surface area contributed by atoms with Gasteiger partial charge in [0.1, 0.15) is 11.6 Å². The van der Waals surface area contributed by atoms with Crippen LogP contribution in [0.3, 0.4) is 0 Å². The van der Waals surface area contributed by atoms with Gasteiger partial charge in [-0.15, -0.1) is 0 Å². The fraction of sp³-hybridized carbons (Fsp3) is 0.348. The van der Waals surface area contributed by atoms with Crippen LogP contribution in [0.1, 0.15) is 17.0 Å². The van der Waals surface area contributed by atoms with E-state index in [2.05, 4.69) is 25.1 Å². The summed E-state index contributed by atoms with van der Waals surface area (Å²) in [6.45, 7) is 6.20. The third-order valence-electron chi connectivity index (χ3n) is 5.90. The minimum atomic E-state index is -0.604. The Morgan fingerprint density at radius 3 is 2.53 bits per heavy atom. The zero-order valence-corrected chi connectivity index (χ0v) is 19.5. The molecule has 11 heteroatoms. The largest absolute Gasteiger partial charge is 0.378 e. The predicted molar refractivity (Wildman–Crippen MR) is 130 cm³/mol. The first kappa shape index (κ1) is 22.3. The average molecular weight is 481 g/mol. The van der Waals surface area contributed by atoms with Gasteiger partial charge in [0.2, 0.25) is 5.28 Å². The average Bonchev–Trinajstić information content (AvgIpc) is 2.83. The highest BCUT2D eigenvalue weighted by molar-refractivity contribution is 6.28. The van der Waals surface area contributed by atoms with Crippen LogP contribution in [0.15, 0.2) is 30.3 Å². The maximum atomic E-state index is 11.1. The van der Waals surface area contributed by atoms with Crippen molar-refractivity contribution in [2.75, 3.05) is 48.0 Å². The number of nitrogens with zero attached hydrogens (tertiary/aromatic N) is 6. The molecule has 2 aromatic heterocycles. The van der Waals surface area contributed by atoms with E-state index in [4.69, 9.17) is 32.0 Å². The van der Waals surface area contributed by atoms with Crippen LogP contribution in [0.2, 0.25) is 5.28 Å². The van der Waals surface area contributed by atoms with Gasteiger partial charge in [-0.2, -0.15) is 0 Å². The lowest BCUT2D eigenvalue weighted by molar-refractivity contribution is 0.122. The number of carbonyl (C=O) groups excluding carboxylic acids is 1. The van der Waals surface area contributed by atoms with Crippen molar-refractivity contribution in [3.05, 3.63) is 52.6 Å². The van der Waals surface area contributed by atoms with E-state index >= 15 is 0 Å². The van der Waals surface area contributed by atoms with Crippen molar-refractivity contribution in [3.8, 4) is 11.4 Å². The minimum absolute atomic E-state index is 0.239. The lowest BCUT2D eigenvalue weighted by Gasteiger charge is -2.34. The highest BCUT2D eigenvalue weighted by Gasteiger charge is 2.27. The molecule has 1 fully saturated rings. The summed E-state index contributed by atoms with van der Waals surface area (Å²) in [5.41, 5.74) is 9.63. The molecule has 1 aromatic carbocycles. The summed E-state index contributed by atoms with van der Waals surface area (Å²) in [5.74, 6) is 2.38. The van der Waals surface area contributed by atoms with Gasteiger partial charge in [0.25, 0.3) is 0 Å². The van der Waals surface area contributed by atoms with Gasteiger partial charge < -0.3 is 25.6 Å². The number of urea groups is 1. The van der Waals surface area contributed by atoms with E-state index in [-0.39, 0.29) is 5.28 Å². The highest BCUT2D eigenvalue weighted by Crippen LogP contribution is 2.32. The van der Waals surface area contributed by atoms with Crippen LogP contribution in [0, 0.1) is 6.92 Å². The standard InChI is InChI=1S/C23H25ClN8O2/c1-14-12-19(29-22(24)26-14)32-7-6-17-18(13-32)28-20(30-21(17)31-8-10-34-11-9-31)15-2-4-16(5-3-15)27-23(25)33/h2-5,12H,6-11,13H2,1H3,(H3,25,27,33). The van der Waals surface area contributed by atoms with Gasteiger partial charge in [-0.1, -0.05) is 0 Å². The number of fused-ring (bicyclic) bond motifs is 1. The molecular weight excluding hydrogens is 456 g/mol. The number of aryl methyl sites for hydroxylation is 1. The Bertz CT molecular complexity index is 1190. The third-order valence-corrected chi connectivity index (χ3v) is 6.07. The van der Waals surface area contributed by atoms with Crippen molar-refractivity contribution < 1.29 is 9.53 Å². The molecule has 3 N–H and O–H groups in total. The fourth-order valence-corrected chi connectivity index (χ4v) is 4.52. The van der Waals surface area contributed by atoms with Crippen molar-refractivity contribution in [2.24, 2.45) is 5.73 Å². The zero-order valence-electron chi connectivity index (χ0n) is 18.8. The topological polar surface area (TPSA) is 122 Å². The van der Waals surface area contributed by atoms with E-state index in [0.29, 0.717) is 31.3 Å². The molecule has 2 amide bonds. The van der Waals surface area contributed by atoms with E-state index in [0.717, 1.165) is 60.2 Å². The van der Waals surface area contributed by atoms with E-state index in [1.165, 1.54) is 0 Å². The number of nitrogens with one attached hydrogen (secondary N) is 1. The van der Waals surface area contributed by atoms with Crippen LogP contribution >= 0.6 is 11.6 Å². The number of hydrogen-bond acceptors (Lipinski definition) is 8. The van der Waals surface area contributed by atoms with Crippen LogP contribution < -0.4 is 20.9 Å². The minimum Gasteiger partial charge on any atom is -0.378 e. The van der Waals surface area contributed by atoms with Crippen molar-refractivity contribution in [3.63, 3.8) is 0 Å². The molecule has 2 aliphatic rings. The lowest BCUT2D eigenvalue weighted by atomic mass is 10.0. The number of primary amides is 1. The van der Waals surface area contributed by atoms with Crippen molar-refractivity contribution in [1.29, 1.82) is 0 Å². The quantitative estimate of drug-likeness (QED) is 0.546. The normalized spacial score (nSPS) is 15.7. The Balaban J connectivity index is 1.53. The molecule has 3 aromatic rings. The van der Waals surface area contributed by atoms with Gasteiger partial charge in [-0.3, -0.25) is 0 Å². The second-order valence-electron chi connectivity index (χ2n) is 8.27. The maximum absolute atomic E-state index is 11.1. The molecule has 34 heavy (non-hydrogen) atoms.